The zero-order valence-electron chi connectivity index (χ0n) is 13.7. The molecule has 0 aliphatic heterocycles. The Hall–Kier alpha value is 3.38. The minimum Gasteiger partial charge on any atom is -0.790 e. The Morgan fingerprint density at radius 2 is 1.40 bits per heavy atom. The van der Waals surface area contributed by atoms with Gasteiger partial charge in [0.25, 0.3) is 0 Å². The van der Waals surface area contributed by atoms with Crippen molar-refractivity contribution < 1.29 is 122 Å². The predicted octanol–water partition coefficient (Wildman–Crippen LogP) is -2.99. The average Bonchev–Trinajstić information content (AvgIpc) is 2.29. The van der Waals surface area contributed by atoms with Gasteiger partial charge in [0.2, 0.25) is 0 Å². The molecule has 0 aromatic heterocycles. The van der Waals surface area contributed by atoms with Crippen LogP contribution in [0.2, 0.25) is 0 Å². The third-order valence-electron chi connectivity index (χ3n) is 3.07. The smallest absolute Gasteiger partial charge is 0.790 e. The van der Waals surface area contributed by atoms with Crippen molar-refractivity contribution in [3.63, 3.8) is 0 Å². The van der Waals surface area contributed by atoms with Gasteiger partial charge in [-0.3, -0.25) is 0 Å². The van der Waals surface area contributed by atoms with Gasteiger partial charge in [0.15, 0.2) is 0 Å². The fraction of sp³-hybridized carbons (Fsp3) is 1.00. The van der Waals surface area contributed by atoms with E-state index in [2.05, 4.69) is 11.4 Å². The Morgan fingerprint density at radius 3 is 1.85 bits per heavy atom. The number of unbranched alkanes of at least 4 members (excludes halogenated alkanes) is 7. The van der Waals surface area contributed by atoms with Crippen LogP contribution in [-0.4, -0.2) is 6.61 Å². The molecule has 0 amide bonds. The fourth-order valence-electron chi connectivity index (χ4n) is 1.93. The normalized spacial score (nSPS) is 12.4. The molecule has 0 aliphatic rings. The molecule has 0 N–H and O–H groups in total. The quantitative estimate of drug-likeness (QED) is 0.212. The molecule has 4 nitrogen and oxygen atoms in total. The van der Waals surface area contributed by atoms with Crippen LogP contribution in [0.1, 0.15) is 71.6 Å². The van der Waals surface area contributed by atoms with Crippen LogP contribution in [0.3, 0.4) is 0 Å². The maximum atomic E-state index is 10.3. The SMILES string of the molecule is CCCCCCCCCCC(C)COP(=O)([O-])[O-].[K+].[K+]. The summed E-state index contributed by atoms with van der Waals surface area (Å²) < 4.78 is 14.5. The summed E-state index contributed by atoms with van der Waals surface area (Å²) in [7, 11) is -4.78. The van der Waals surface area contributed by atoms with Gasteiger partial charge in [0.05, 0.1) is 14.4 Å². The van der Waals surface area contributed by atoms with Crippen molar-refractivity contribution in [3.8, 4) is 0 Å². The molecule has 0 spiro atoms. The summed E-state index contributed by atoms with van der Waals surface area (Å²) in [5.74, 6) is 0.140. The van der Waals surface area contributed by atoms with Gasteiger partial charge < -0.3 is 18.9 Å². The van der Waals surface area contributed by atoms with Crippen LogP contribution in [0.15, 0.2) is 0 Å². The van der Waals surface area contributed by atoms with Crippen LogP contribution in [0.4, 0.5) is 0 Å². The van der Waals surface area contributed by atoms with Crippen molar-refractivity contribution in [3.05, 3.63) is 0 Å². The zero-order valence-corrected chi connectivity index (χ0v) is 20.9. The van der Waals surface area contributed by atoms with E-state index in [0.717, 1.165) is 12.8 Å². The molecular formula is C13H27K2O4P. The Balaban J connectivity index is -0.00000144. The van der Waals surface area contributed by atoms with Gasteiger partial charge in [0, 0.05) is 0 Å². The van der Waals surface area contributed by atoms with Crippen molar-refractivity contribution >= 4 is 7.82 Å². The molecule has 0 aromatic carbocycles. The predicted molar refractivity (Wildman–Crippen MR) is 69.9 cm³/mol. The van der Waals surface area contributed by atoms with Crippen molar-refractivity contribution in [2.24, 2.45) is 5.92 Å². The summed E-state index contributed by atoms with van der Waals surface area (Å²) >= 11 is 0. The van der Waals surface area contributed by atoms with Gasteiger partial charge in [-0.25, -0.2) is 0 Å². The molecule has 0 aliphatic carbocycles. The van der Waals surface area contributed by atoms with Crippen LogP contribution in [0.25, 0.3) is 0 Å². The molecular weight excluding hydrogens is 329 g/mol. The summed E-state index contributed by atoms with van der Waals surface area (Å²) in [5.41, 5.74) is 0. The molecule has 0 heterocycles. The summed E-state index contributed by atoms with van der Waals surface area (Å²) in [6, 6.07) is 0. The molecule has 110 valence electrons. The number of rotatable bonds is 12. The molecule has 7 heteroatoms. The summed E-state index contributed by atoms with van der Waals surface area (Å²) in [6.07, 6.45) is 11.0. The van der Waals surface area contributed by atoms with E-state index in [-0.39, 0.29) is 115 Å². The van der Waals surface area contributed by atoms with Crippen molar-refractivity contribution in [2.75, 3.05) is 6.61 Å². The van der Waals surface area contributed by atoms with Crippen molar-refractivity contribution in [2.45, 2.75) is 71.6 Å². The van der Waals surface area contributed by atoms with Crippen LogP contribution in [-0.2, 0) is 9.09 Å². The van der Waals surface area contributed by atoms with Crippen LogP contribution < -0.4 is 113 Å². The van der Waals surface area contributed by atoms with E-state index in [0.29, 0.717) is 0 Å². The molecule has 0 saturated heterocycles. The first-order valence-electron chi connectivity index (χ1n) is 7.12. The molecule has 0 fully saturated rings. The topological polar surface area (TPSA) is 72.4 Å². The summed E-state index contributed by atoms with van der Waals surface area (Å²) in [5, 5.41) is 0. The standard InChI is InChI=1S/C13H29O4P.2K/c1-3-4-5-6-7-8-9-10-11-13(2)12-17-18(14,15)16;;/h13H,3-12H2,1-2H3,(H2,14,15,16);;/q;2*+1/p-2. The maximum Gasteiger partial charge on any atom is 1.00 e. The second kappa shape index (κ2) is 18.7. The second-order valence-corrected chi connectivity index (χ2v) is 6.26. The first kappa shape index (κ1) is 28.2. The maximum absolute atomic E-state index is 10.3. The number of phosphoric acid groups is 1. The fourth-order valence-corrected chi connectivity index (χ4v) is 2.37. The Morgan fingerprint density at radius 1 is 0.950 bits per heavy atom. The first-order chi connectivity index (χ1) is 8.45. The van der Waals surface area contributed by atoms with Crippen LogP contribution in [0.5, 0.6) is 0 Å². The van der Waals surface area contributed by atoms with E-state index in [1.165, 1.54) is 44.9 Å². The molecule has 0 saturated carbocycles. The van der Waals surface area contributed by atoms with Gasteiger partial charge in [-0.1, -0.05) is 65.2 Å². The average molecular weight is 357 g/mol. The van der Waals surface area contributed by atoms with E-state index in [4.69, 9.17) is 0 Å². The van der Waals surface area contributed by atoms with Gasteiger partial charge in [-0.05, 0) is 12.3 Å². The third-order valence-corrected chi connectivity index (χ3v) is 3.53. The van der Waals surface area contributed by atoms with E-state index >= 15 is 0 Å². The minimum absolute atomic E-state index is 0. The van der Waals surface area contributed by atoms with Crippen LogP contribution >= 0.6 is 7.82 Å². The third kappa shape index (κ3) is 23.6. The molecule has 20 heavy (non-hydrogen) atoms. The van der Waals surface area contributed by atoms with Crippen LogP contribution in [0, 0.1) is 5.92 Å². The van der Waals surface area contributed by atoms with E-state index in [1.807, 2.05) is 6.92 Å². The number of hydrogen-bond donors (Lipinski definition) is 0. The van der Waals surface area contributed by atoms with Crippen molar-refractivity contribution in [1.82, 2.24) is 0 Å². The number of hydrogen-bond acceptors (Lipinski definition) is 4. The molecule has 0 rings (SSSR count). The van der Waals surface area contributed by atoms with Gasteiger partial charge in [-0.2, -0.15) is 0 Å². The van der Waals surface area contributed by atoms with E-state index in [9.17, 15) is 14.4 Å². The molecule has 1 unspecified atom stereocenters. The number of phosphoric ester groups is 1. The van der Waals surface area contributed by atoms with Gasteiger partial charge in [-0.15, -0.1) is 0 Å². The van der Waals surface area contributed by atoms with Gasteiger partial charge in [0.1, 0.15) is 0 Å². The van der Waals surface area contributed by atoms with E-state index < -0.39 is 7.82 Å². The Labute approximate surface area is 209 Å². The minimum atomic E-state index is -4.78. The summed E-state index contributed by atoms with van der Waals surface area (Å²) in [6.45, 7) is 4.16. The first-order valence-corrected chi connectivity index (χ1v) is 8.58. The second-order valence-electron chi connectivity index (χ2n) is 5.11. The molecule has 1 atom stereocenters. The molecule has 0 radical (unpaired) electrons. The zero-order chi connectivity index (χ0) is 13.9. The Bertz CT molecular complexity index is 236. The molecule has 0 aromatic rings. The monoisotopic (exact) mass is 356 g/mol. The Kier molecular flexibility index (Phi) is 26.4. The molecule has 0 bridgehead atoms. The largest absolute Gasteiger partial charge is 1.00 e. The van der Waals surface area contributed by atoms with E-state index in [1.54, 1.807) is 0 Å². The summed E-state index contributed by atoms with van der Waals surface area (Å²) in [4.78, 5) is 20.6. The van der Waals surface area contributed by atoms with Crippen molar-refractivity contribution in [1.29, 1.82) is 0 Å². The van der Waals surface area contributed by atoms with Gasteiger partial charge >= 0.3 is 103 Å².